The molecule has 0 spiro atoms. The summed E-state index contributed by atoms with van der Waals surface area (Å²) in [4.78, 5) is 18.8. The van der Waals surface area contributed by atoms with Crippen LogP contribution in [-0.2, 0) is 6.54 Å². The van der Waals surface area contributed by atoms with Gasteiger partial charge in [-0.15, -0.1) is 0 Å². The third-order valence-corrected chi connectivity index (χ3v) is 7.70. The first-order valence-electron chi connectivity index (χ1n) is 14.4. The molecule has 0 fully saturated rings. The van der Waals surface area contributed by atoms with Crippen molar-refractivity contribution in [1.82, 2.24) is 10.3 Å². The van der Waals surface area contributed by atoms with Crippen molar-refractivity contribution >= 4 is 5.91 Å². The van der Waals surface area contributed by atoms with Crippen LogP contribution in [0.3, 0.4) is 0 Å². The summed E-state index contributed by atoms with van der Waals surface area (Å²) in [5, 5.41) is 3.13. The quantitative estimate of drug-likeness (QED) is 0.215. The maximum Gasteiger partial charge on any atom is 0.252 e. The van der Waals surface area contributed by atoms with E-state index in [0.717, 1.165) is 39.9 Å². The fourth-order valence-electron chi connectivity index (χ4n) is 5.08. The van der Waals surface area contributed by atoms with Gasteiger partial charge in [0.2, 0.25) is 0 Å². The largest absolute Gasteiger partial charge is 0.493 e. The number of ether oxygens (including phenoxy) is 2. The SMILES string of the molecule is CCC(C)c1cc(C)cc(-c2cc(C(=O)NCc3ccc(OC)c(OC)c3)c(-c3cc(C)cc(C(C)C)c3)cn2)c1. The zero-order chi connectivity index (χ0) is 29.7. The molecule has 4 rings (SSSR count). The normalized spacial score (nSPS) is 11.8. The Hall–Kier alpha value is -4.12. The van der Waals surface area contributed by atoms with Crippen LogP contribution in [0.4, 0.5) is 0 Å². The predicted molar refractivity (Wildman–Crippen MR) is 168 cm³/mol. The summed E-state index contributed by atoms with van der Waals surface area (Å²) >= 11 is 0. The van der Waals surface area contributed by atoms with E-state index in [4.69, 9.17) is 14.5 Å². The number of amides is 1. The molecule has 1 amide bonds. The maximum absolute atomic E-state index is 13.9. The molecule has 1 aromatic heterocycles. The number of rotatable bonds is 10. The standard InChI is InChI=1S/C36H42N2O3/c1-9-25(6)28-13-24(5)15-30(18-28)33-19-31(32(21-37-33)29-14-23(4)12-27(17-29)22(2)3)36(39)38-20-26-10-11-34(40-7)35(16-26)41-8/h10-19,21-22,25H,9,20H2,1-8H3,(H,38,39). The van der Waals surface area contributed by atoms with Gasteiger partial charge in [0.1, 0.15) is 0 Å². The van der Waals surface area contributed by atoms with E-state index in [1.54, 1.807) is 14.2 Å². The van der Waals surface area contributed by atoms with E-state index in [0.29, 0.717) is 35.4 Å². The van der Waals surface area contributed by atoms with Gasteiger partial charge in [0.25, 0.3) is 5.91 Å². The molecule has 1 heterocycles. The summed E-state index contributed by atoms with van der Waals surface area (Å²) in [5.74, 6) is 1.94. The summed E-state index contributed by atoms with van der Waals surface area (Å²) in [6.07, 6.45) is 2.91. The third-order valence-electron chi connectivity index (χ3n) is 7.70. The highest BCUT2D eigenvalue weighted by Gasteiger charge is 2.18. The summed E-state index contributed by atoms with van der Waals surface area (Å²) in [7, 11) is 3.22. The molecule has 0 saturated carbocycles. The number of carbonyl (C=O) groups excluding carboxylic acids is 1. The number of methoxy groups -OCH3 is 2. The maximum atomic E-state index is 13.9. The van der Waals surface area contributed by atoms with E-state index < -0.39 is 0 Å². The molecule has 3 aromatic carbocycles. The van der Waals surface area contributed by atoms with Gasteiger partial charge in [-0.2, -0.15) is 0 Å². The Kier molecular flexibility index (Phi) is 9.49. The van der Waals surface area contributed by atoms with E-state index in [2.05, 4.69) is 83.3 Å². The van der Waals surface area contributed by atoms with Crippen molar-refractivity contribution < 1.29 is 14.3 Å². The first-order chi connectivity index (χ1) is 19.6. The second-order valence-corrected chi connectivity index (χ2v) is 11.2. The predicted octanol–water partition coefficient (Wildman–Crippen LogP) is 8.62. The average Bonchev–Trinajstić information content (AvgIpc) is 2.98. The van der Waals surface area contributed by atoms with Crippen LogP contribution < -0.4 is 14.8 Å². The number of aryl methyl sites for hydroxylation is 2. The van der Waals surface area contributed by atoms with Crippen molar-refractivity contribution in [1.29, 1.82) is 0 Å². The highest BCUT2D eigenvalue weighted by molar-refractivity contribution is 6.01. The molecule has 0 radical (unpaired) electrons. The minimum Gasteiger partial charge on any atom is -0.493 e. The van der Waals surface area contributed by atoms with Gasteiger partial charge in [-0.1, -0.05) is 69.2 Å². The van der Waals surface area contributed by atoms with Crippen molar-refractivity contribution in [2.24, 2.45) is 0 Å². The third kappa shape index (κ3) is 6.97. The van der Waals surface area contributed by atoms with Crippen LogP contribution >= 0.6 is 0 Å². The summed E-state index contributed by atoms with van der Waals surface area (Å²) in [5.41, 5.74) is 10.00. The van der Waals surface area contributed by atoms with Crippen LogP contribution in [0.15, 0.2) is 66.9 Å². The molecular weight excluding hydrogens is 508 g/mol. The number of nitrogens with one attached hydrogen (secondary N) is 1. The average molecular weight is 551 g/mol. The van der Waals surface area contributed by atoms with E-state index in [1.165, 1.54) is 16.7 Å². The lowest BCUT2D eigenvalue weighted by atomic mass is 9.91. The monoisotopic (exact) mass is 550 g/mol. The number of aromatic nitrogens is 1. The number of nitrogens with zero attached hydrogens (tertiary/aromatic N) is 1. The van der Waals surface area contributed by atoms with Crippen LogP contribution in [0.5, 0.6) is 11.5 Å². The Balaban J connectivity index is 1.78. The van der Waals surface area contributed by atoms with Crippen molar-refractivity contribution in [2.45, 2.75) is 66.3 Å². The number of hydrogen-bond donors (Lipinski definition) is 1. The zero-order valence-electron chi connectivity index (χ0n) is 25.6. The Morgan fingerprint density at radius 3 is 2.15 bits per heavy atom. The Labute approximate surface area is 245 Å². The minimum atomic E-state index is -0.152. The molecule has 1 unspecified atom stereocenters. The lowest BCUT2D eigenvalue weighted by Gasteiger charge is -2.16. The second kappa shape index (κ2) is 13.0. The van der Waals surface area contributed by atoms with Crippen molar-refractivity contribution in [3.8, 4) is 33.9 Å². The first kappa shape index (κ1) is 29.9. The number of hydrogen-bond acceptors (Lipinski definition) is 4. The van der Waals surface area contributed by atoms with Crippen LogP contribution in [0.2, 0.25) is 0 Å². The molecule has 0 aliphatic heterocycles. The molecule has 0 aliphatic carbocycles. The summed E-state index contributed by atoms with van der Waals surface area (Å²) < 4.78 is 10.8. The first-order valence-corrected chi connectivity index (χ1v) is 14.4. The Morgan fingerprint density at radius 1 is 0.829 bits per heavy atom. The molecule has 1 atom stereocenters. The Morgan fingerprint density at radius 2 is 1.49 bits per heavy atom. The van der Waals surface area contributed by atoms with Crippen LogP contribution in [0.25, 0.3) is 22.4 Å². The lowest BCUT2D eigenvalue weighted by Crippen LogP contribution is -2.23. The molecule has 1 N–H and O–H groups in total. The van der Waals surface area contributed by atoms with E-state index >= 15 is 0 Å². The van der Waals surface area contributed by atoms with Crippen LogP contribution in [-0.4, -0.2) is 25.1 Å². The molecule has 5 nitrogen and oxygen atoms in total. The fourth-order valence-corrected chi connectivity index (χ4v) is 5.08. The van der Waals surface area contributed by atoms with Crippen LogP contribution in [0, 0.1) is 13.8 Å². The highest BCUT2D eigenvalue weighted by atomic mass is 16.5. The smallest absolute Gasteiger partial charge is 0.252 e. The lowest BCUT2D eigenvalue weighted by molar-refractivity contribution is 0.0951. The molecule has 0 aliphatic rings. The molecule has 41 heavy (non-hydrogen) atoms. The van der Waals surface area contributed by atoms with E-state index in [1.807, 2.05) is 30.5 Å². The molecule has 5 heteroatoms. The van der Waals surface area contributed by atoms with Gasteiger partial charge < -0.3 is 14.8 Å². The van der Waals surface area contributed by atoms with E-state index in [9.17, 15) is 4.79 Å². The van der Waals surface area contributed by atoms with Crippen LogP contribution in [0.1, 0.15) is 84.1 Å². The van der Waals surface area contributed by atoms with Crippen molar-refractivity contribution in [2.75, 3.05) is 14.2 Å². The van der Waals surface area contributed by atoms with Gasteiger partial charge >= 0.3 is 0 Å². The van der Waals surface area contributed by atoms with Gasteiger partial charge in [-0.3, -0.25) is 9.78 Å². The molecule has 0 saturated heterocycles. The van der Waals surface area contributed by atoms with Gasteiger partial charge in [0, 0.05) is 23.9 Å². The topological polar surface area (TPSA) is 60.5 Å². The van der Waals surface area contributed by atoms with Gasteiger partial charge in [-0.25, -0.2) is 0 Å². The van der Waals surface area contributed by atoms with Gasteiger partial charge in [-0.05, 0) is 84.7 Å². The van der Waals surface area contributed by atoms with Crippen molar-refractivity contribution in [3.05, 3.63) is 100 Å². The molecule has 4 aromatic rings. The highest BCUT2D eigenvalue weighted by Crippen LogP contribution is 2.33. The molecule has 0 bridgehead atoms. The fraction of sp³-hybridized carbons (Fsp3) is 0.333. The zero-order valence-corrected chi connectivity index (χ0v) is 25.6. The summed E-state index contributed by atoms with van der Waals surface area (Å²) in [6.45, 7) is 13.4. The number of carbonyl (C=O) groups is 1. The Bertz CT molecular complexity index is 1540. The van der Waals surface area contributed by atoms with Crippen molar-refractivity contribution in [3.63, 3.8) is 0 Å². The van der Waals surface area contributed by atoms with E-state index in [-0.39, 0.29) is 5.91 Å². The second-order valence-electron chi connectivity index (χ2n) is 11.2. The summed E-state index contributed by atoms with van der Waals surface area (Å²) in [6, 6.07) is 20.7. The minimum absolute atomic E-state index is 0.152. The van der Waals surface area contributed by atoms with Gasteiger partial charge in [0.05, 0.1) is 25.5 Å². The number of benzene rings is 3. The molecule has 214 valence electrons. The molecular formula is C36H42N2O3. The van der Waals surface area contributed by atoms with Gasteiger partial charge in [0.15, 0.2) is 11.5 Å². The number of pyridine rings is 1.